The Morgan fingerprint density at radius 2 is 1.61 bits per heavy atom. The van der Waals surface area contributed by atoms with Crippen molar-refractivity contribution < 1.29 is 24.1 Å². The number of nitro groups is 1. The predicted octanol–water partition coefficient (Wildman–Crippen LogP) is 3.09. The number of allylic oxidation sites excluding steroid dienone is 2. The molecule has 4 rings (SSSR count). The van der Waals surface area contributed by atoms with Gasteiger partial charge in [-0.15, -0.1) is 0 Å². The number of carbonyl (C=O) groups is 4. The number of rotatable bonds is 6. The molecule has 9 nitrogen and oxygen atoms in total. The number of Topliss-reactive ketones (excluding diaryl/α,β-unsaturated/α-hetero) is 1. The Morgan fingerprint density at radius 3 is 2.18 bits per heavy atom. The number of benzene rings is 2. The fourth-order valence-electron chi connectivity index (χ4n) is 4.12. The zero-order chi connectivity index (χ0) is 23.7. The van der Waals surface area contributed by atoms with E-state index in [1.807, 2.05) is 19.1 Å². The molecule has 1 aliphatic carbocycles. The molecule has 0 spiro atoms. The smallest absolute Gasteiger partial charge is 0.273 e. The van der Waals surface area contributed by atoms with Gasteiger partial charge in [0, 0.05) is 23.3 Å². The van der Waals surface area contributed by atoms with Crippen LogP contribution in [0.2, 0.25) is 0 Å². The van der Waals surface area contributed by atoms with Gasteiger partial charge in [0.05, 0.1) is 16.8 Å². The van der Waals surface area contributed by atoms with Crippen LogP contribution in [0.4, 0.5) is 5.69 Å². The van der Waals surface area contributed by atoms with Gasteiger partial charge in [-0.25, -0.2) is 5.01 Å². The van der Waals surface area contributed by atoms with Crippen molar-refractivity contribution in [2.75, 3.05) is 6.54 Å². The number of aryl methyl sites for hydroxylation is 1. The van der Waals surface area contributed by atoms with Crippen molar-refractivity contribution in [1.29, 1.82) is 0 Å². The Morgan fingerprint density at radius 1 is 1.00 bits per heavy atom. The quantitative estimate of drug-likeness (QED) is 0.221. The number of ketones is 1. The number of carbonyl (C=O) groups excluding carboxylic acids is 4. The lowest BCUT2D eigenvalue weighted by atomic mass is 9.85. The molecule has 1 aliphatic heterocycles. The first kappa shape index (κ1) is 22.1. The third-order valence-corrected chi connectivity index (χ3v) is 5.93. The van der Waals surface area contributed by atoms with E-state index in [9.17, 15) is 29.3 Å². The largest absolute Gasteiger partial charge is 0.292 e. The van der Waals surface area contributed by atoms with Gasteiger partial charge >= 0.3 is 0 Å². The normalized spacial score (nSPS) is 19.4. The molecule has 2 atom stereocenters. The van der Waals surface area contributed by atoms with Crippen LogP contribution < -0.4 is 0 Å². The van der Waals surface area contributed by atoms with Gasteiger partial charge in [0.2, 0.25) is 0 Å². The van der Waals surface area contributed by atoms with Crippen LogP contribution in [-0.4, -0.2) is 45.0 Å². The average Bonchev–Trinajstić information content (AvgIpc) is 3.07. The third-order valence-electron chi connectivity index (χ3n) is 5.93. The molecule has 0 unspecified atom stereocenters. The molecule has 0 saturated carbocycles. The maximum atomic E-state index is 13.4. The summed E-state index contributed by atoms with van der Waals surface area (Å²) in [5, 5.41) is 12.8. The van der Waals surface area contributed by atoms with Crippen molar-refractivity contribution in [3.63, 3.8) is 0 Å². The van der Waals surface area contributed by atoms with E-state index in [2.05, 4.69) is 0 Å². The average molecular weight is 447 g/mol. The summed E-state index contributed by atoms with van der Waals surface area (Å²) in [7, 11) is 0. The van der Waals surface area contributed by atoms with E-state index in [4.69, 9.17) is 0 Å². The molecule has 33 heavy (non-hydrogen) atoms. The lowest BCUT2D eigenvalue weighted by Crippen LogP contribution is -2.52. The fraction of sp³-hybridized carbons (Fsp3) is 0.250. The molecule has 0 bridgehead atoms. The minimum Gasteiger partial charge on any atom is -0.292 e. The first-order valence-electron chi connectivity index (χ1n) is 10.5. The number of nitrogens with zero attached hydrogens (tertiary/aromatic N) is 3. The Labute approximate surface area is 189 Å². The monoisotopic (exact) mass is 447 g/mol. The minimum atomic E-state index is -0.840. The summed E-state index contributed by atoms with van der Waals surface area (Å²) in [5.74, 6) is -3.61. The molecule has 2 aromatic carbocycles. The van der Waals surface area contributed by atoms with Gasteiger partial charge in [-0.1, -0.05) is 48.0 Å². The van der Waals surface area contributed by atoms with E-state index in [1.165, 1.54) is 18.2 Å². The Kier molecular flexibility index (Phi) is 5.87. The van der Waals surface area contributed by atoms with Crippen molar-refractivity contribution >= 4 is 29.2 Å². The maximum absolute atomic E-state index is 13.4. The van der Waals surface area contributed by atoms with Crippen LogP contribution in [0.3, 0.4) is 0 Å². The molecule has 168 valence electrons. The van der Waals surface area contributed by atoms with E-state index < -0.39 is 46.8 Å². The summed E-state index contributed by atoms with van der Waals surface area (Å²) in [6.45, 7) is 1.30. The van der Waals surface area contributed by atoms with Crippen LogP contribution in [-0.2, 0) is 9.59 Å². The first-order chi connectivity index (χ1) is 15.8. The van der Waals surface area contributed by atoms with Gasteiger partial charge in [0.1, 0.15) is 6.54 Å². The molecular weight excluding hydrogens is 426 g/mol. The van der Waals surface area contributed by atoms with E-state index in [0.29, 0.717) is 18.4 Å². The number of amides is 3. The van der Waals surface area contributed by atoms with Crippen molar-refractivity contribution in [2.24, 2.45) is 11.8 Å². The predicted molar refractivity (Wildman–Crippen MR) is 117 cm³/mol. The second kappa shape index (κ2) is 8.78. The van der Waals surface area contributed by atoms with Crippen LogP contribution >= 0.6 is 0 Å². The molecule has 1 fully saturated rings. The number of hydrazine groups is 1. The molecular formula is C24H21N3O6. The Bertz CT molecular complexity index is 1160. The maximum Gasteiger partial charge on any atom is 0.273 e. The lowest BCUT2D eigenvalue weighted by molar-refractivity contribution is -0.384. The molecule has 3 amide bonds. The highest BCUT2D eigenvalue weighted by atomic mass is 16.6. The first-order valence-corrected chi connectivity index (χ1v) is 10.5. The number of hydrogen-bond donors (Lipinski definition) is 0. The van der Waals surface area contributed by atoms with Gasteiger partial charge in [0.15, 0.2) is 5.78 Å². The highest BCUT2D eigenvalue weighted by Crippen LogP contribution is 2.36. The molecule has 2 aliphatic rings. The zero-order valence-electron chi connectivity index (χ0n) is 17.8. The summed E-state index contributed by atoms with van der Waals surface area (Å²) >= 11 is 0. The van der Waals surface area contributed by atoms with Crippen LogP contribution in [0.5, 0.6) is 0 Å². The van der Waals surface area contributed by atoms with E-state index >= 15 is 0 Å². The Balaban J connectivity index is 1.71. The highest BCUT2D eigenvalue weighted by molar-refractivity contribution is 6.09. The van der Waals surface area contributed by atoms with Gasteiger partial charge < -0.3 is 0 Å². The standard InChI is InChI=1S/C24H21N3O6/c1-15-9-11-16(12-10-15)21(28)14-25(22(29)17-5-4-6-18(13-17)27(32)33)26-23(30)19-7-2-3-8-20(19)24(26)31/h2-6,9-13,19-20H,7-8,14H2,1H3/t19-,20-/m0/s1. The van der Waals surface area contributed by atoms with Crippen LogP contribution in [0.1, 0.15) is 39.1 Å². The van der Waals surface area contributed by atoms with Gasteiger partial charge in [0.25, 0.3) is 23.4 Å². The summed E-state index contributed by atoms with van der Waals surface area (Å²) in [5.41, 5.74) is 0.838. The number of fused-ring (bicyclic) bond motifs is 1. The molecule has 2 aromatic rings. The van der Waals surface area contributed by atoms with Crippen molar-refractivity contribution in [2.45, 2.75) is 19.8 Å². The van der Waals surface area contributed by atoms with Crippen LogP contribution in [0, 0.1) is 28.9 Å². The topological polar surface area (TPSA) is 118 Å². The Hall–Kier alpha value is -4.14. The molecule has 9 heteroatoms. The summed E-state index contributed by atoms with van der Waals surface area (Å²) in [6, 6.07) is 11.7. The summed E-state index contributed by atoms with van der Waals surface area (Å²) in [4.78, 5) is 63.2. The second-order valence-corrected chi connectivity index (χ2v) is 8.10. The van der Waals surface area contributed by atoms with Gasteiger partial charge in [-0.05, 0) is 25.8 Å². The van der Waals surface area contributed by atoms with E-state index in [1.54, 1.807) is 24.3 Å². The number of non-ortho nitro benzene ring substituents is 1. The van der Waals surface area contributed by atoms with Crippen molar-refractivity contribution in [3.8, 4) is 0 Å². The summed E-state index contributed by atoms with van der Waals surface area (Å²) < 4.78 is 0. The molecule has 1 heterocycles. The number of hydrogen-bond acceptors (Lipinski definition) is 6. The number of nitro benzene ring substituents is 1. The summed E-state index contributed by atoms with van der Waals surface area (Å²) in [6.07, 6.45) is 4.38. The van der Waals surface area contributed by atoms with Crippen molar-refractivity contribution in [1.82, 2.24) is 10.0 Å². The zero-order valence-corrected chi connectivity index (χ0v) is 17.8. The molecule has 0 radical (unpaired) electrons. The van der Waals surface area contributed by atoms with Crippen LogP contribution in [0.25, 0.3) is 0 Å². The molecule has 1 saturated heterocycles. The van der Waals surface area contributed by atoms with Crippen molar-refractivity contribution in [3.05, 3.63) is 87.5 Å². The fourth-order valence-corrected chi connectivity index (χ4v) is 4.12. The van der Waals surface area contributed by atoms with E-state index in [0.717, 1.165) is 21.6 Å². The van der Waals surface area contributed by atoms with Gasteiger partial charge in [-0.3, -0.25) is 29.3 Å². The highest BCUT2D eigenvalue weighted by Gasteiger charge is 2.51. The molecule has 0 N–H and O–H groups in total. The minimum absolute atomic E-state index is 0.102. The van der Waals surface area contributed by atoms with E-state index in [-0.39, 0.29) is 11.3 Å². The third kappa shape index (κ3) is 4.17. The number of imide groups is 1. The SMILES string of the molecule is Cc1ccc(C(=O)CN(C(=O)c2cccc([N+](=O)[O-])c2)N2C(=O)[C@H]3CC=CC[C@@H]3C2=O)cc1. The van der Waals surface area contributed by atoms with Crippen LogP contribution in [0.15, 0.2) is 60.7 Å². The van der Waals surface area contributed by atoms with Gasteiger partial charge in [-0.2, -0.15) is 5.01 Å². The lowest BCUT2D eigenvalue weighted by Gasteiger charge is -2.30. The molecule has 0 aromatic heterocycles. The second-order valence-electron chi connectivity index (χ2n) is 8.10.